The van der Waals surface area contributed by atoms with Gasteiger partial charge in [-0.3, -0.25) is 9.59 Å². The molecule has 1 fully saturated rings. The number of carbonyl (C=O) groups excluding carboxylic acids is 2. The van der Waals surface area contributed by atoms with E-state index in [1.54, 1.807) is 6.92 Å². The van der Waals surface area contributed by atoms with Crippen molar-refractivity contribution in [1.82, 2.24) is 10.6 Å². The summed E-state index contributed by atoms with van der Waals surface area (Å²) in [7, 11) is 0. The highest BCUT2D eigenvalue weighted by atomic mass is 19.4. The molecule has 1 unspecified atom stereocenters. The standard InChI is InChI=1S/C17H21F3N2O2/c1-11(12-5-7-14(8-6-12)17(18,19)20)22-15(23)9-10-21-16(24)13-3-2-4-13/h5-8,11,13H,2-4,9-10H2,1H3,(H,21,24)(H,22,23). The van der Waals surface area contributed by atoms with E-state index >= 15 is 0 Å². The van der Waals surface area contributed by atoms with Gasteiger partial charge < -0.3 is 10.6 Å². The SMILES string of the molecule is CC(NC(=O)CCNC(=O)C1CCC1)c1ccc(C(F)(F)F)cc1. The molecule has 0 bridgehead atoms. The molecule has 7 heteroatoms. The van der Waals surface area contributed by atoms with Gasteiger partial charge >= 0.3 is 6.18 Å². The topological polar surface area (TPSA) is 58.2 Å². The second-order valence-electron chi connectivity index (χ2n) is 6.08. The molecule has 1 aromatic carbocycles. The van der Waals surface area contributed by atoms with Gasteiger partial charge in [-0.1, -0.05) is 18.6 Å². The first kappa shape index (κ1) is 18.3. The van der Waals surface area contributed by atoms with Crippen molar-refractivity contribution in [2.45, 2.75) is 44.8 Å². The molecule has 1 saturated carbocycles. The molecule has 4 nitrogen and oxygen atoms in total. The minimum Gasteiger partial charge on any atom is -0.355 e. The van der Waals surface area contributed by atoms with Gasteiger partial charge in [0.05, 0.1) is 11.6 Å². The molecule has 2 rings (SSSR count). The summed E-state index contributed by atoms with van der Waals surface area (Å²) in [5.41, 5.74) is -0.127. The van der Waals surface area contributed by atoms with Crippen LogP contribution < -0.4 is 10.6 Å². The molecule has 1 aromatic rings. The van der Waals surface area contributed by atoms with Gasteiger partial charge in [0.1, 0.15) is 0 Å². The van der Waals surface area contributed by atoms with Crippen molar-refractivity contribution in [3.8, 4) is 0 Å². The van der Waals surface area contributed by atoms with E-state index in [-0.39, 0.29) is 30.7 Å². The van der Waals surface area contributed by atoms with Gasteiger partial charge in [-0.15, -0.1) is 0 Å². The highest BCUT2D eigenvalue weighted by Crippen LogP contribution is 2.30. The van der Waals surface area contributed by atoms with Crippen LogP contribution in [0.5, 0.6) is 0 Å². The Morgan fingerprint density at radius 1 is 1.21 bits per heavy atom. The maximum atomic E-state index is 12.5. The average molecular weight is 342 g/mol. The van der Waals surface area contributed by atoms with Crippen LogP contribution in [-0.4, -0.2) is 18.4 Å². The molecule has 0 aliphatic heterocycles. The Morgan fingerprint density at radius 3 is 2.33 bits per heavy atom. The molecule has 1 atom stereocenters. The first-order chi connectivity index (χ1) is 11.3. The minimum atomic E-state index is -4.37. The lowest BCUT2D eigenvalue weighted by Crippen LogP contribution is -2.37. The molecular weight excluding hydrogens is 321 g/mol. The third kappa shape index (κ3) is 4.97. The Balaban J connectivity index is 1.75. The van der Waals surface area contributed by atoms with Crippen molar-refractivity contribution in [1.29, 1.82) is 0 Å². The van der Waals surface area contributed by atoms with Crippen LogP contribution in [0.4, 0.5) is 13.2 Å². The summed E-state index contributed by atoms with van der Waals surface area (Å²) in [5, 5.41) is 5.44. The summed E-state index contributed by atoms with van der Waals surface area (Å²) < 4.78 is 37.6. The normalized spacial score (nSPS) is 16.2. The van der Waals surface area contributed by atoms with Gasteiger partial charge in [-0.25, -0.2) is 0 Å². The molecular formula is C17H21F3N2O2. The Labute approximate surface area is 138 Å². The monoisotopic (exact) mass is 342 g/mol. The second-order valence-corrected chi connectivity index (χ2v) is 6.08. The molecule has 132 valence electrons. The van der Waals surface area contributed by atoms with E-state index in [0.29, 0.717) is 5.56 Å². The smallest absolute Gasteiger partial charge is 0.355 e. The molecule has 0 saturated heterocycles. The van der Waals surface area contributed by atoms with Crippen molar-refractivity contribution in [2.24, 2.45) is 5.92 Å². The first-order valence-corrected chi connectivity index (χ1v) is 8.01. The number of alkyl halides is 3. The van der Waals surface area contributed by atoms with Gasteiger partial charge in [-0.05, 0) is 37.5 Å². The number of amides is 2. The first-order valence-electron chi connectivity index (χ1n) is 8.01. The summed E-state index contributed by atoms with van der Waals surface area (Å²) in [6.07, 6.45) is -1.34. The minimum absolute atomic E-state index is 0.00941. The van der Waals surface area contributed by atoms with Crippen molar-refractivity contribution < 1.29 is 22.8 Å². The third-order valence-corrected chi connectivity index (χ3v) is 4.24. The Hall–Kier alpha value is -2.05. The molecule has 2 amide bonds. The summed E-state index contributed by atoms with van der Waals surface area (Å²) in [6.45, 7) is 1.97. The van der Waals surface area contributed by atoms with E-state index < -0.39 is 17.8 Å². The van der Waals surface area contributed by atoms with Crippen molar-refractivity contribution >= 4 is 11.8 Å². The van der Waals surface area contributed by atoms with Gasteiger partial charge in [-0.2, -0.15) is 13.2 Å². The van der Waals surface area contributed by atoms with Crippen molar-refractivity contribution in [3.63, 3.8) is 0 Å². The molecule has 0 heterocycles. The van der Waals surface area contributed by atoms with E-state index in [9.17, 15) is 22.8 Å². The summed E-state index contributed by atoms with van der Waals surface area (Å²) in [6, 6.07) is 4.30. The second kappa shape index (κ2) is 7.68. The van der Waals surface area contributed by atoms with E-state index in [1.165, 1.54) is 12.1 Å². The van der Waals surface area contributed by atoms with Crippen molar-refractivity contribution in [3.05, 3.63) is 35.4 Å². The summed E-state index contributed by atoms with van der Waals surface area (Å²) in [5.74, 6) is -0.180. The number of carbonyl (C=O) groups is 2. The number of benzene rings is 1. The Morgan fingerprint density at radius 2 is 1.83 bits per heavy atom. The van der Waals surface area contributed by atoms with Crippen LogP contribution in [0.1, 0.15) is 49.8 Å². The van der Waals surface area contributed by atoms with E-state index in [2.05, 4.69) is 10.6 Å². The van der Waals surface area contributed by atoms with E-state index in [1.807, 2.05) is 0 Å². The highest BCUT2D eigenvalue weighted by molar-refractivity contribution is 5.81. The molecule has 0 aromatic heterocycles. The fourth-order valence-electron chi connectivity index (χ4n) is 2.47. The number of hydrogen-bond donors (Lipinski definition) is 2. The van der Waals surface area contributed by atoms with Gasteiger partial charge in [0, 0.05) is 18.9 Å². The maximum Gasteiger partial charge on any atom is 0.416 e. The molecule has 2 N–H and O–H groups in total. The molecule has 0 radical (unpaired) electrons. The summed E-state index contributed by atoms with van der Waals surface area (Å²) >= 11 is 0. The van der Waals surface area contributed by atoms with Crippen LogP contribution in [-0.2, 0) is 15.8 Å². The lowest BCUT2D eigenvalue weighted by Gasteiger charge is -2.24. The fourth-order valence-corrected chi connectivity index (χ4v) is 2.47. The largest absolute Gasteiger partial charge is 0.416 e. The van der Waals surface area contributed by atoms with Crippen LogP contribution in [0.3, 0.4) is 0 Å². The Kier molecular flexibility index (Phi) is 5.85. The lowest BCUT2D eigenvalue weighted by atomic mass is 9.85. The lowest BCUT2D eigenvalue weighted by molar-refractivity contribution is -0.137. The van der Waals surface area contributed by atoms with Crippen LogP contribution >= 0.6 is 0 Å². The average Bonchev–Trinajstić information content (AvgIpc) is 2.44. The van der Waals surface area contributed by atoms with Gasteiger partial charge in [0.15, 0.2) is 0 Å². The summed E-state index contributed by atoms with van der Waals surface area (Å²) in [4.78, 5) is 23.5. The zero-order valence-corrected chi connectivity index (χ0v) is 13.5. The van der Waals surface area contributed by atoms with Crippen LogP contribution in [0, 0.1) is 5.92 Å². The van der Waals surface area contributed by atoms with Gasteiger partial charge in [0.25, 0.3) is 0 Å². The molecule has 1 aliphatic rings. The fraction of sp³-hybridized carbons (Fsp3) is 0.529. The van der Waals surface area contributed by atoms with E-state index in [0.717, 1.165) is 31.4 Å². The highest BCUT2D eigenvalue weighted by Gasteiger charge is 2.30. The molecule has 0 spiro atoms. The predicted molar refractivity (Wildman–Crippen MR) is 83.0 cm³/mol. The number of rotatable bonds is 6. The number of nitrogens with one attached hydrogen (secondary N) is 2. The van der Waals surface area contributed by atoms with Crippen LogP contribution in [0.15, 0.2) is 24.3 Å². The van der Waals surface area contributed by atoms with Gasteiger partial charge in [0.2, 0.25) is 11.8 Å². The molecule has 24 heavy (non-hydrogen) atoms. The predicted octanol–water partition coefficient (Wildman–Crippen LogP) is 3.19. The maximum absolute atomic E-state index is 12.5. The van der Waals surface area contributed by atoms with Crippen molar-refractivity contribution in [2.75, 3.05) is 6.54 Å². The third-order valence-electron chi connectivity index (χ3n) is 4.24. The van der Waals surface area contributed by atoms with Crippen LogP contribution in [0.25, 0.3) is 0 Å². The van der Waals surface area contributed by atoms with Crippen LogP contribution in [0.2, 0.25) is 0 Å². The zero-order valence-electron chi connectivity index (χ0n) is 13.5. The van der Waals surface area contributed by atoms with E-state index in [4.69, 9.17) is 0 Å². The Bertz CT molecular complexity index is 580. The molecule has 1 aliphatic carbocycles. The number of hydrogen-bond acceptors (Lipinski definition) is 2. The number of halogens is 3. The quantitative estimate of drug-likeness (QED) is 0.834. The zero-order chi connectivity index (χ0) is 17.7.